The van der Waals surface area contributed by atoms with E-state index in [1.807, 2.05) is 11.0 Å². The summed E-state index contributed by atoms with van der Waals surface area (Å²) in [5.41, 5.74) is 7.64. The number of amides is 1. The van der Waals surface area contributed by atoms with E-state index in [1.165, 1.54) is 12.0 Å². The molecule has 2 atom stereocenters. The number of piperidine rings is 1. The highest BCUT2D eigenvalue weighted by Crippen LogP contribution is 2.24. The Morgan fingerprint density at radius 3 is 2.70 bits per heavy atom. The molecule has 2 N–H and O–H groups in total. The fourth-order valence-electron chi connectivity index (χ4n) is 3.87. The highest BCUT2D eigenvalue weighted by atomic mass is 16.5. The van der Waals surface area contributed by atoms with E-state index in [0.29, 0.717) is 5.92 Å². The smallest absolute Gasteiger partial charge is 0.239 e. The van der Waals surface area contributed by atoms with Crippen molar-refractivity contribution >= 4 is 5.91 Å². The van der Waals surface area contributed by atoms with Crippen molar-refractivity contribution in [2.45, 2.75) is 38.1 Å². The summed E-state index contributed by atoms with van der Waals surface area (Å²) in [6, 6.07) is 10.2. The SMILES string of the molecule is NC(C(=O)N1CCCC(Cc2ccccc2)C1)C1CCOCC1. The molecule has 1 amide bonds. The average Bonchev–Trinajstić information content (AvgIpc) is 2.62. The quantitative estimate of drug-likeness (QED) is 0.927. The Morgan fingerprint density at radius 1 is 1.22 bits per heavy atom. The summed E-state index contributed by atoms with van der Waals surface area (Å²) in [4.78, 5) is 14.8. The van der Waals surface area contributed by atoms with Gasteiger partial charge in [-0.25, -0.2) is 0 Å². The molecule has 2 aliphatic rings. The zero-order chi connectivity index (χ0) is 16.1. The van der Waals surface area contributed by atoms with Gasteiger partial charge in [-0.15, -0.1) is 0 Å². The van der Waals surface area contributed by atoms with Crippen molar-refractivity contribution in [2.24, 2.45) is 17.6 Å². The second-order valence-corrected chi connectivity index (χ2v) is 6.96. The lowest BCUT2D eigenvalue weighted by molar-refractivity contribution is -0.136. The molecule has 2 fully saturated rings. The number of hydrogen-bond acceptors (Lipinski definition) is 3. The van der Waals surface area contributed by atoms with Crippen LogP contribution in [-0.2, 0) is 16.0 Å². The van der Waals surface area contributed by atoms with Crippen molar-refractivity contribution in [2.75, 3.05) is 26.3 Å². The number of rotatable bonds is 4. The van der Waals surface area contributed by atoms with Crippen LogP contribution in [0.4, 0.5) is 0 Å². The maximum absolute atomic E-state index is 12.8. The van der Waals surface area contributed by atoms with Gasteiger partial charge in [0.2, 0.25) is 5.91 Å². The van der Waals surface area contributed by atoms with Gasteiger partial charge in [-0.2, -0.15) is 0 Å². The summed E-state index contributed by atoms with van der Waals surface area (Å²) in [6.07, 6.45) is 5.16. The van der Waals surface area contributed by atoms with E-state index in [2.05, 4.69) is 24.3 Å². The second-order valence-electron chi connectivity index (χ2n) is 6.96. The number of carbonyl (C=O) groups is 1. The predicted molar refractivity (Wildman–Crippen MR) is 91.0 cm³/mol. The number of carbonyl (C=O) groups excluding carboxylic acids is 1. The average molecular weight is 316 g/mol. The van der Waals surface area contributed by atoms with E-state index in [-0.39, 0.29) is 17.9 Å². The molecular weight excluding hydrogens is 288 g/mol. The van der Waals surface area contributed by atoms with Crippen LogP contribution in [0.1, 0.15) is 31.2 Å². The fourth-order valence-corrected chi connectivity index (χ4v) is 3.87. The molecule has 2 aliphatic heterocycles. The fraction of sp³-hybridized carbons (Fsp3) is 0.632. The zero-order valence-electron chi connectivity index (χ0n) is 13.8. The summed E-state index contributed by atoms with van der Waals surface area (Å²) < 4.78 is 5.38. The minimum Gasteiger partial charge on any atom is -0.381 e. The number of hydrogen-bond donors (Lipinski definition) is 1. The van der Waals surface area contributed by atoms with Crippen molar-refractivity contribution < 1.29 is 9.53 Å². The summed E-state index contributed by atoms with van der Waals surface area (Å²) in [7, 11) is 0. The number of nitrogens with zero attached hydrogens (tertiary/aromatic N) is 1. The van der Waals surface area contributed by atoms with Gasteiger partial charge in [0, 0.05) is 26.3 Å². The van der Waals surface area contributed by atoms with Gasteiger partial charge < -0.3 is 15.4 Å². The third-order valence-electron chi connectivity index (χ3n) is 5.26. The molecule has 0 aliphatic carbocycles. The van der Waals surface area contributed by atoms with Crippen molar-refractivity contribution in [3.05, 3.63) is 35.9 Å². The van der Waals surface area contributed by atoms with Crippen LogP contribution in [0.25, 0.3) is 0 Å². The van der Waals surface area contributed by atoms with Crippen LogP contribution in [0.5, 0.6) is 0 Å². The van der Waals surface area contributed by atoms with E-state index in [9.17, 15) is 4.79 Å². The standard InChI is InChI=1S/C19H28N2O2/c20-18(17-8-11-23-12-9-17)19(22)21-10-4-7-16(14-21)13-15-5-2-1-3-6-15/h1-3,5-6,16-18H,4,7-14,20H2. The molecule has 0 radical (unpaired) electrons. The van der Waals surface area contributed by atoms with Crippen molar-refractivity contribution in [1.29, 1.82) is 0 Å². The van der Waals surface area contributed by atoms with Crippen molar-refractivity contribution in [1.82, 2.24) is 4.90 Å². The molecule has 3 rings (SSSR count). The Labute approximate surface area is 139 Å². The first kappa shape index (κ1) is 16.5. The summed E-state index contributed by atoms with van der Waals surface area (Å²) in [5.74, 6) is 0.984. The monoisotopic (exact) mass is 316 g/mol. The molecule has 2 saturated heterocycles. The minimum atomic E-state index is -0.352. The first-order valence-corrected chi connectivity index (χ1v) is 8.90. The van der Waals surface area contributed by atoms with Gasteiger partial charge in [-0.1, -0.05) is 30.3 Å². The summed E-state index contributed by atoms with van der Waals surface area (Å²) in [5, 5.41) is 0. The van der Waals surface area contributed by atoms with Gasteiger partial charge in [0.05, 0.1) is 6.04 Å². The number of ether oxygens (including phenoxy) is 1. The largest absolute Gasteiger partial charge is 0.381 e. The van der Waals surface area contributed by atoms with E-state index in [1.54, 1.807) is 0 Å². The third-order valence-corrected chi connectivity index (χ3v) is 5.26. The zero-order valence-corrected chi connectivity index (χ0v) is 13.8. The van der Waals surface area contributed by atoms with Gasteiger partial charge in [-0.05, 0) is 49.5 Å². The number of likely N-dealkylation sites (tertiary alicyclic amines) is 1. The highest BCUT2D eigenvalue weighted by molar-refractivity contribution is 5.82. The van der Waals surface area contributed by atoms with Crippen LogP contribution in [0.15, 0.2) is 30.3 Å². The van der Waals surface area contributed by atoms with Crippen molar-refractivity contribution in [3.8, 4) is 0 Å². The molecule has 1 aromatic rings. The topological polar surface area (TPSA) is 55.6 Å². The molecule has 0 saturated carbocycles. The second kappa shape index (κ2) is 7.93. The van der Waals surface area contributed by atoms with E-state index in [0.717, 1.165) is 52.0 Å². The van der Waals surface area contributed by atoms with Gasteiger partial charge in [0.25, 0.3) is 0 Å². The molecule has 4 heteroatoms. The van der Waals surface area contributed by atoms with Crippen LogP contribution in [0.2, 0.25) is 0 Å². The van der Waals surface area contributed by atoms with Crippen LogP contribution in [0.3, 0.4) is 0 Å². The van der Waals surface area contributed by atoms with E-state index < -0.39 is 0 Å². The van der Waals surface area contributed by atoms with E-state index in [4.69, 9.17) is 10.5 Å². The Hall–Kier alpha value is -1.39. The Balaban J connectivity index is 1.55. The lowest BCUT2D eigenvalue weighted by Crippen LogP contribution is -2.51. The molecule has 0 aromatic heterocycles. The number of nitrogens with two attached hydrogens (primary N) is 1. The van der Waals surface area contributed by atoms with Gasteiger partial charge >= 0.3 is 0 Å². The summed E-state index contributed by atoms with van der Waals surface area (Å²) >= 11 is 0. The molecule has 4 nitrogen and oxygen atoms in total. The van der Waals surface area contributed by atoms with Crippen LogP contribution in [0, 0.1) is 11.8 Å². The first-order valence-electron chi connectivity index (χ1n) is 8.90. The molecule has 2 unspecified atom stereocenters. The maximum atomic E-state index is 12.8. The molecule has 0 bridgehead atoms. The third kappa shape index (κ3) is 4.33. The molecule has 126 valence electrons. The Bertz CT molecular complexity index is 499. The highest BCUT2D eigenvalue weighted by Gasteiger charge is 2.32. The molecule has 23 heavy (non-hydrogen) atoms. The minimum absolute atomic E-state index is 0.148. The predicted octanol–water partition coefficient (Wildman–Crippen LogP) is 2.22. The molecule has 0 spiro atoms. The Morgan fingerprint density at radius 2 is 1.96 bits per heavy atom. The van der Waals surface area contributed by atoms with Crippen LogP contribution < -0.4 is 5.73 Å². The van der Waals surface area contributed by atoms with Gasteiger partial charge in [0.1, 0.15) is 0 Å². The first-order chi connectivity index (χ1) is 11.2. The van der Waals surface area contributed by atoms with Crippen LogP contribution >= 0.6 is 0 Å². The Kier molecular flexibility index (Phi) is 5.68. The normalized spacial score (nSPS) is 24.4. The lowest BCUT2D eigenvalue weighted by atomic mass is 9.88. The molecular formula is C19H28N2O2. The number of benzene rings is 1. The van der Waals surface area contributed by atoms with Gasteiger partial charge in [-0.3, -0.25) is 4.79 Å². The molecule has 1 aromatic carbocycles. The summed E-state index contributed by atoms with van der Waals surface area (Å²) in [6.45, 7) is 3.19. The van der Waals surface area contributed by atoms with E-state index >= 15 is 0 Å². The lowest BCUT2D eigenvalue weighted by Gasteiger charge is -2.36. The van der Waals surface area contributed by atoms with Crippen LogP contribution in [-0.4, -0.2) is 43.2 Å². The van der Waals surface area contributed by atoms with Gasteiger partial charge in [0.15, 0.2) is 0 Å². The van der Waals surface area contributed by atoms with Crippen molar-refractivity contribution in [3.63, 3.8) is 0 Å². The maximum Gasteiger partial charge on any atom is 0.239 e. The molecule has 2 heterocycles.